The Morgan fingerprint density at radius 1 is 1.07 bits per heavy atom. The predicted octanol–water partition coefficient (Wildman–Crippen LogP) is 4.35. The van der Waals surface area contributed by atoms with Crippen molar-refractivity contribution in [2.45, 2.75) is 47.2 Å². The lowest BCUT2D eigenvalue weighted by atomic mass is 10.1. The van der Waals surface area contributed by atoms with Gasteiger partial charge in [-0.1, -0.05) is 42.8 Å². The number of rotatable bonds is 6. The Balaban J connectivity index is 1.90. The number of benzene rings is 1. The molecule has 0 aliphatic rings. The Hall–Kier alpha value is -2.88. The number of pyridine rings is 1. The maximum atomic E-state index is 13.0. The fraction of sp³-hybridized carbons (Fsp3) is 0.304. The van der Waals surface area contributed by atoms with Crippen LogP contribution in [0.15, 0.2) is 48.8 Å². The van der Waals surface area contributed by atoms with Crippen LogP contribution in [0.5, 0.6) is 0 Å². The first-order valence-electron chi connectivity index (χ1n) is 9.42. The van der Waals surface area contributed by atoms with Crippen molar-refractivity contribution in [3.05, 3.63) is 88.0 Å². The number of hydrogen-bond acceptors (Lipinski definition) is 2. The molecule has 2 heterocycles. The van der Waals surface area contributed by atoms with Gasteiger partial charge in [0.25, 0.3) is 5.91 Å². The molecule has 27 heavy (non-hydrogen) atoms. The average molecular weight is 361 g/mol. The van der Waals surface area contributed by atoms with Crippen molar-refractivity contribution in [1.29, 1.82) is 0 Å². The van der Waals surface area contributed by atoms with Crippen molar-refractivity contribution in [3.63, 3.8) is 0 Å². The van der Waals surface area contributed by atoms with Crippen LogP contribution in [0.4, 0.5) is 0 Å². The number of aromatic nitrogens is 2. The zero-order chi connectivity index (χ0) is 19.4. The Morgan fingerprint density at radius 2 is 1.81 bits per heavy atom. The van der Waals surface area contributed by atoms with Gasteiger partial charge in [-0.3, -0.25) is 9.78 Å². The van der Waals surface area contributed by atoms with Crippen molar-refractivity contribution < 1.29 is 4.79 Å². The second-order valence-corrected chi connectivity index (χ2v) is 7.01. The van der Waals surface area contributed by atoms with Crippen molar-refractivity contribution in [2.75, 3.05) is 0 Å². The van der Waals surface area contributed by atoms with Crippen LogP contribution in [0.3, 0.4) is 0 Å². The first-order chi connectivity index (χ1) is 13.0. The van der Waals surface area contributed by atoms with Gasteiger partial charge in [-0.05, 0) is 55.5 Å². The van der Waals surface area contributed by atoms with Gasteiger partial charge in [0.05, 0.1) is 0 Å². The number of nitrogens with zero attached hydrogens (tertiary/aromatic N) is 2. The molecule has 0 spiro atoms. The molecule has 0 saturated heterocycles. The summed E-state index contributed by atoms with van der Waals surface area (Å²) < 4.78 is 2.15. The first-order valence-corrected chi connectivity index (χ1v) is 9.42. The van der Waals surface area contributed by atoms with E-state index in [9.17, 15) is 4.79 Å². The van der Waals surface area contributed by atoms with E-state index < -0.39 is 0 Å². The topological polar surface area (TPSA) is 46.9 Å². The minimum Gasteiger partial charge on any atom is -0.347 e. The fourth-order valence-electron chi connectivity index (χ4n) is 3.60. The summed E-state index contributed by atoms with van der Waals surface area (Å²) in [5, 5.41) is 3.06. The molecule has 0 bridgehead atoms. The molecule has 0 fully saturated rings. The average Bonchev–Trinajstić information content (AvgIpc) is 2.92. The van der Waals surface area contributed by atoms with E-state index >= 15 is 0 Å². The Bertz CT molecular complexity index is 925. The molecule has 1 N–H and O–H groups in total. The molecule has 0 radical (unpaired) electrons. The molecule has 1 aromatic carbocycles. The molecule has 0 aliphatic heterocycles. The zero-order valence-corrected chi connectivity index (χ0v) is 16.5. The number of carbonyl (C=O) groups is 1. The molecule has 4 heteroatoms. The van der Waals surface area contributed by atoms with E-state index in [-0.39, 0.29) is 5.91 Å². The minimum atomic E-state index is -0.0359. The van der Waals surface area contributed by atoms with Crippen LogP contribution < -0.4 is 5.32 Å². The molecule has 140 valence electrons. The standard InChI is InChI=1S/C23H27N3O/c1-5-21-17(3)22(23(27)25-14-20-7-6-12-24-13-20)26(18(21)4)15-19-10-8-16(2)9-11-19/h6-13H,5,14-15H2,1-4H3,(H,25,27). The summed E-state index contributed by atoms with van der Waals surface area (Å²) in [5.41, 5.74) is 7.69. The van der Waals surface area contributed by atoms with Gasteiger partial charge in [0.2, 0.25) is 0 Å². The second kappa shape index (κ2) is 8.21. The lowest BCUT2D eigenvalue weighted by Crippen LogP contribution is -2.26. The summed E-state index contributed by atoms with van der Waals surface area (Å²) >= 11 is 0. The highest BCUT2D eigenvalue weighted by molar-refractivity contribution is 5.95. The first kappa shape index (κ1) is 18.9. The van der Waals surface area contributed by atoms with Crippen LogP contribution in [0, 0.1) is 20.8 Å². The summed E-state index contributed by atoms with van der Waals surface area (Å²) in [4.78, 5) is 17.1. The molecule has 0 aliphatic carbocycles. The molecule has 3 aromatic rings. The SMILES string of the molecule is CCc1c(C)c(C(=O)NCc2cccnc2)n(Cc2ccc(C)cc2)c1C. The highest BCUT2D eigenvalue weighted by Gasteiger charge is 2.21. The summed E-state index contributed by atoms with van der Waals surface area (Å²) in [7, 11) is 0. The van der Waals surface area contributed by atoms with E-state index in [2.05, 4.69) is 66.8 Å². The molecule has 1 amide bonds. The van der Waals surface area contributed by atoms with E-state index in [1.165, 1.54) is 22.4 Å². The lowest BCUT2D eigenvalue weighted by molar-refractivity contribution is 0.0941. The Morgan fingerprint density at radius 3 is 2.44 bits per heavy atom. The fourth-order valence-corrected chi connectivity index (χ4v) is 3.60. The van der Waals surface area contributed by atoms with Gasteiger partial charge in [-0.15, -0.1) is 0 Å². The Kier molecular flexibility index (Phi) is 5.75. The van der Waals surface area contributed by atoms with E-state index in [1.807, 2.05) is 12.1 Å². The number of amides is 1. The quantitative estimate of drug-likeness (QED) is 0.709. The summed E-state index contributed by atoms with van der Waals surface area (Å²) in [6.07, 6.45) is 4.43. The third-order valence-electron chi connectivity index (χ3n) is 5.13. The highest BCUT2D eigenvalue weighted by atomic mass is 16.1. The van der Waals surface area contributed by atoms with Crippen molar-refractivity contribution in [2.24, 2.45) is 0 Å². The largest absolute Gasteiger partial charge is 0.347 e. The molecule has 2 aromatic heterocycles. The third-order valence-corrected chi connectivity index (χ3v) is 5.13. The third kappa shape index (κ3) is 4.11. The van der Waals surface area contributed by atoms with Crippen molar-refractivity contribution in [3.8, 4) is 0 Å². The zero-order valence-electron chi connectivity index (χ0n) is 16.5. The van der Waals surface area contributed by atoms with E-state index in [0.29, 0.717) is 13.1 Å². The molecule has 3 rings (SSSR count). The van der Waals surface area contributed by atoms with Gasteiger partial charge in [-0.2, -0.15) is 0 Å². The summed E-state index contributed by atoms with van der Waals surface area (Å²) in [5.74, 6) is -0.0359. The molecular formula is C23H27N3O. The van der Waals surface area contributed by atoms with Gasteiger partial charge >= 0.3 is 0 Å². The number of aryl methyl sites for hydroxylation is 1. The molecule has 4 nitrogen and oxygen atoms in total. The maximum Gasteiger partial charge on any atom is 0.268 e. The van der Waals surface area contributed by atoms with E-state index in [1.54, 1.807) is 12.4 Å². The number of carbonyl (C=O) groups excluding carboxylic acids is 1. The Labute approximate surface area is 161 Å². The van der Waals surface area contributed by atoms with Crippen LogP contribution >= 0.6 is 0 Å². The van der Waals surface area contributed by atoms with Crippen LogP contribution in [0.2, 0.25) is 0 Å². The highest BCUT2D eigenvalue weighted by Crippen LogP contribution is 2.24. The smallest absolute Gasteiger partial charge is 0.268 e. The molecule has 0 atom stereocenters. The number of nitrogens with one attached hydrogen (secondary N) is 1. The maximum absolute atomic E-state index is 13.0. The second-order valence-electron chi connectivity index (χ2n) is 7.01. The minimum absolute atomic E-state index is 0.0359. The molecular weight excluding hydrogens is 334 g/mol. The summed E-state index contributed by atoms with van der Waals surface area (Å²) in [6, 6.07) is 12.3. The predicted molar refractivity (Wildman–Crippen MR) is 109 cm³/mol. The van der Waals surface area contributed by atoms with E-state index in [4.69, 9.17) is 0 Å². The normalized spacial score (nSPS) is 10.8. The van der Waals surface area contributed by atoms with Gasteiger partial charge in [0.15, 0.2) is 0 Å². The van der Waals surface area contributed by atoms with Crippen LogP contribution in [0.25, 0.3) is 0 Å². The van der Waals surface area contributed by atoms with E-state index in [0.717, 1.165) is 23.2 Å². The van der Waals surface area contributed by atoms with Crippen LogP contribution in [-0.2, 0) is 19.5 Å². The van der Waals surface area contributed by atoms with Crippen molar-refractivity contribution in [1.82, 2.24) is 14.9 Å². The van der Waals surface area contributed by atoms with Crippen LogP contribution in [-0.4, -0.2) is 15.5 Å². The summed E-state index contributed by atoms with van der Waals surface area (Å²) in [6.45, 7) is 9.56. The van der Waals surface area contributed by atoms with Gasteiger partial charge in [0.1, 0.15) is 5.69 Å². The lowest BCUT2D eigenvalue weighted by Gasteiger charge is -2.13. The van der Waals surface area contributed by atoms with Gasteiger partial charge in [0, 0.05) is 31.2 Å². The molecule has 0 unspecified atom stereocenters. The van der Waals surface area contributed by atoms with Crippen LogP contribution in [0.1, 0.15) is 50.9 Å². The number of hydrogen-bond donors (Lipinski definition) is 1. The molecule has 0 saturated carbocycles. The van der Waals surface area contributed by atoms with Gasteiger partial charge < -0.3 is 9.88 Å². The monoisotopic (exact) mass is 361 g/mol. The van der Waals surface area contributed by atoms with Gasteiger partial charge in [-0.25, -0.2) is 0 Å². The van der Waals surface area contributed by atoms with Crippen molar-refractivity contribution >= 4 is 5.91 Å².